The van der Waals surface area contributed by atoms with Gasteiger partial charge in [-0.25, -0.2) is 0 Å². The van der Waals surface area contributed by atoms with E-state index in [0.29, 0.717) is 6.54 Å². The highest BCUT2D eigenvalue weighted by Crippen LogP contribution is 2.12. The number of para-hydroxylation sites is 1. The highest BCUT2D eigenvalue weighted by atomic mass is 15.1. The SMILES string of the molecule is [N-]=[N+]=NCc1cnc2ccccc2c1. The van der Waals surface area contributed by atoms with Crippen LogP contribution in [0.5, 0.6) is 0 Å². The van der Waals surface area contributed by atoms with Gasteiger partial charge in [0, 0.05) is 16.5 Å². The summed E-state index contributed by atoms with van der Waals surface area (Å²) in [7, 11) is 0. The molecule has 0 atom stereocenters. The van der Waals surface area contributed by atoms with Crippen molar-refractivity contribution in [2.24, 2.45) is 5.11 Å². The molecule has 0 aliphatic heterocycles. The molecule has 2 aromatic rings. The van der Waals surface area contributed by atoms with Gasteiger partial charge in [-0.3, -0.25) is 4.98 Å². The minimum atomic E-state index is 0.355. The fourth-order valence-electron chi connectivity index (χ4n) is 1.32. The fraction of sp³-hybridized carbons (Fsp3) is 0.100. The first-order chi connectivity index (χ1) is 6.90. The molecule has 0 aliphatic rings. The normalized spacial score (nSPS) is 9.71. The molecule has 4 nitrogen and oxygen atoms in total. The quantitative estimate of drug-likeness (QED) is 0.402. The van der Waals surface area contributed by atoms with Gasteiger partial charge >= 0.3 is 0 Å². The molecule has 0 fully saturated rings. The van der Waals surface area contributed by atoms with E-state index in [9.17, 15) is 0 Å². The number of benzene rings is 1. The van der Waals surface area contributed by atoms with Crippen molar-refractivity contribution < 1.29 is 0 Å². The zero-order chi connectivity index (χ0) is 9.80. The summed E-state index contributed by atoms with van der Waals surface area (Å²) in [5.74, 6) is 0. The molecular formula is C10H8N4. The zero-order valence-electron chi connectivity index (χ0n) is 7.46. The lowest BCUT2D eigenvalue weighted by Crippen LogP contribution is -1.84. The van der Waals surface area contributed by atoms with Crippen LogP contribution in [0.4, 0.5) is 0 Å². The molecule has 0 bridgehead atoms. The van der Waals surface area contributed by atoms with Crippen LogP contribution in [0.2, 0.25) is 0 Å². The molecule has 4 heteroatoms. The summed E-state index contributed by atoms with van der Waals surface area (Å²) in [5, 5.41) is 4.56. The van der Waals surface area contributed by atoms with E-state index in [1.807, 2.05) is 30.3 Å². The molecule has 0 unspecified atom stereocenters. The largest absolute Gasteiger partial charge is 0.256 e. The second-order valence-electron chi connectivity index (χ2n) is 2.93. The first-order valence-electron chi connectivity index (χ1n) is 4.24. The van der Waals surface area contributed by atoms with Gasteiger partial charge in [0.1, 0.15) is 0 Å². The Morgan fingerprint density at radius 1 is 1.36 bits per heavy atom. The molecule has 0 aliphatic carbocycles. The van der Waals surface area contributed by atoms with Crippen LogP contribution in [-0.2, 0) is 6.54 Å². The Labute approximate surface area is 80.8 Å². The molecular weight excluding hydrogens is 176 g/mol. The molecule has 14 heavy (non-hydrogen) atoms. The number of pyridine rings is 1. The van der Waals surface area contributed by atoms with Gasteiger partial charge < -0.3 is 0 Å². The van der Waals surface area contributed by atoms with Crippen LogP contribution in [0.3, 0.4) is 0 Å². The fourth-order valence-corrected chi connectivity index (χ4v) is 1.32. The van der Waals surface area contributed by atoms with Gasteiger partial charge in [0.15, 0.2) is 0 Å². The molecule has 0 saturated carbocycles. The van der Waals surface area contributed by atoms with Crippen molar-refractivity contribution in [3.05, 3.63) is 52.5 Å². The number of nitrogens with zero attached hydrogens (tertiary/aromatic N) is 4. The van der Waals surface area contributed by atoms with E-state index in [2.05, 4.69) is 15.0 Å². The van der Waals surface area contributed by atoms with Crippen LogP contribution >= 0.6 is 0 Å². The van der Waals surface area contributed by atoms with Crippen LogP contribution < -0.4 is 0 Å². The summed E-state index contributed by atoms with van der Waals surface area (Å²) in [6, 6.07) is 9.83. The molecule has 0 N–H and O–H groups in total. The molecule has 1 aromatic heterocycles. The average Bonchev–Trinajstić information content (AvgIpc) is 2.26. The van der Waals surface area contributed by atoms with Crippen LogP contribution in [0, 0.1) is 0 Å². The molecule has 68 valence electrons. The second-order valence-corrected chi connectivity index (χ2v) is 2.93. The molecule has 0 saturated heterocycles. The van der Waals surface area contributed by atoms with Gasteiger partial charge in [-0.1, -0.05) is 23.3 Å². The van der Waals surface area contributed by atoms with Crippen LogP contribution in [0.1, 0.15) is 5.56 Å². The number of hydrogen-bond acceptors (Lipinski definition) is 2. The first kappa shape index (κ1) is 8.53. The van der Waals surface area contributed by atoms with Crippen molar-refractivity contribution in [1.29, 1.82) is 0 Å². The Bertz CT molecular complexity index is 500. The van der Waals surface area contributed by atoms with E-state index in [0.717, 1.165) is 16.5 Å². The number of fused-ring (bicyclic) bond motifs is 1. The lowest BCUT2D eigenvalue weighted by atomic mass is 10.2. The van der Waals surface area contributed by atoms with Crippen molar-refractivity contribution in [3.63, 3.8) is 0 Å². The number of rotatable bonds is 2. The summed E-state index contributed by atoms with van der Waals surface area (Å²) in [6.07, 6.45) is 1.73. The third kappa shape index (κ3) is 1.65. The molecule has 0 radical (unpaired) electrons. The van der Waals surface area contributed by atoms with E-state index in [1.54, 1.807) is 6.20 Å². The summed E-state index contributed by atoms with van der Waals surface area (Å²) in [5.41, 5.74) is 10.1. The first-order valence-corrected chi connectivity index (χ1v) is 4.24. The Morgan fingerprint density at radius 2 is 2.21 bits per heavy atom. The Hall–Kier alpha value is -2.06. The maximum Gasteiger partial charge on any atom is 0.0702 e. The Morgan fingerprint density at radius 3 is 3.07 bits per heavy atom. The lowest BCUT2D eigenvalue weighted by molar-refractivity contribution is 1.04. The van der Waals surface area contributed by atoms with Crippen LogP contribution in [0.25, 0.3) is 21.3 Å². The van der Waals surface area contributed by atoms with Crippen molar-refractivity contribution in [3.8, 4) is 0 Å². The molecule has 0 spiro atoms. The molecule has 1 aromatic carbocycles. The van der Waals surface area contributed by atoms with Crippen LogP contribution in [-0.4, -0.2) is 4.98 Å². The molecule has 1 heterocycles. The van der Waals surface area contributed by atoms with Crippen molar-refractivity contribution in [2.45, 2.75) is 6.54 Å². The van der Waals surface area contributed by atoms with Crippen molar-refractivity contribution in [1.82, 2.24) is 4.98 Å². The second kappa shape index (κ2) is 3.77. The third-order valence-corrected chi connectivity index (χ3v) is 1.96. The van der Waals surface area contributed by atoms with Gasteiger partial charge in [0.2, 0.25) is 0 Å². The highest BCUT2D eigenvalue weighted by Gasteiger charge is 1.95. The average molecular weight is 184 g/mol. The predicted molar refractivity (Wildman–Crippen MR) is 54.6 cm³/mol. The van der Waals surface area contributed by atoms with Crippen molar-refractivity contribution >= 4 is 10.9 Å². The monoisotopic (exact) mass is 184 g/mol. The standard InChI is InChI=1S/C10H8N4/c11-14-13-7-8-5-9-3-1-2-4-10(9)12-6-8/h1-6H,7H2. The third-order valence-electron chi connectivity index (χ3n) is 1.96. The molecule has 2 rings (SSSR count). The zero-order valence-corrected chi connectivity index (χ0v) is 7.46. The maximum atomic E-state index is 8.18. The Balaban J connectivity index is 2.45. The Kier molecular flexibility index (Phi) is 2.30. The summed E-state index contributed by atoms with van der Waals surface area (Å²) < 4.78 is 0. The maximum absolute atomic E-state index is 8.18. The van der Waals surface area contributed by atoms with Gasteiger partial charge in [-0.15, -0.1) is 0 Å². The van der Waals surface area contributed by atoms with E-state index >= 15 is 0 Å². The number of azide groups is 1. The van der Waals surface area contributed by atoms with Gasteiger partial charge in [0.05, 0.1) is 12.1 Å². The van der Waals surface area contributed by atoms with Crippen LogP contribution in [0.15, 0.2) is 41.6 Å². The minimum Gasteiger partial charge on any atom is -0.256 e. The van der Waals surface area contributed by atoms with E-state index in [-0.39, 0.29) is 0 Å². The van der Waals surface area contributed by atoms with Gasteiger partial charge in [-0.05, 0) is 23.2 Å². The van der Waals surface area contributed by atoms with Gasteiger partial charge in [0.25, 0.3) is 0 Å². The molecule has 0 amide bonds. The minimum absolute atomic E-state index is 0.355. The van der Waals surface area contributed by atoms with E-state index in [1.165, 1.54) is 0 Å². The van der Waals surface area contributed by atoms with E-state index in [4.69, 9.17) is 5.53 Å². The summed E-state index contributed by atoms with van der Waals surface area (Å²) >= 11 is 0. The predicted octanol–water partition coefficient (Wildman–Crippen LogP) is 3.05. The smallest absolute Gasteiger partial charge is 0.0702 e. The van der Waals surface area contributed by atoms with Crippen molar-refractivity contribution in [2.75, 3.05) is 0 Å². The number of hydrogen-bond donors (Lipinski definition) is 0. The highest BCUT2D eigenvalue weighted by molar-refractivity contribution is 5.78. The van der Waals surface area contributed by atoms with Gasteiger partial charge in [-0.2, -0.15) is 0 Å². The van der Waals surface area contributed by atoms with E-state index < -0.39 is 0 Å². The summed E-state index contributed by atoms with van der Waals surface area (Å²) in [4.78, 5) is 6.96. The summed E-state index contributed by atoms with van der Waals surface area (Å²) in [6.45, 7) is 0.355. The number of aromatic nitrogens is 1. The topological polar surface area (TPSA) is 61.7 Å². The lowest BCUT2D eigenvalue weighted by Gasteiger charge is -1.98.